The molecule has 0 aliphatic heterocycles. The molecule has 0 aliphatic carbocycles. The molecule has 0 aromatic heterocycles. The number of sulfonamides is 2. The first-order valence-electron chi connectivity index (χ1n) is 7.93. The van der Waals surface area contributed by atoms with Gasteiger partial charge in [-0.1, -0.05) is 20.8 Å². The predicted octanol–water partition coefficient (Wildman–Crippen LogP) is 1.20. The van der Waals surface area contributed by atoms with Crippen molar-refractivity contribution in [3.8, 4) is 0 Å². The third-order valence-electron chi connectivity index (χ3n) is 3.59. The molecule has 0 unspecified atom stereocenters. The van der Waals surface area contributed by atoms with E-state index >= 15 is 0 Å². The fourth-order valence-electron chi connectivity index (χ4n) is 2.33. The Balaban J connectivity index is 3.22. The number of hydrogen-bond acceptors (Lipinski definition) is 5. The van der Waals surface area contributed by atoms with E-state index in [4.69, 9.17) is 5.11 Å². The van der Waals surface area contributed by atoms with Gasteiger partial charge in [-0.25, -0.2) is 16.8 Å². The van der Waals surface area contributed by atoms with E-state index in [0.717, 1.165) is 4.31 Å². The lowest BCUT2D eigenvalue weighted by Crippen LogP contribution is -2.36. The smallest absolute Gasteiger partial charge is 0.318 e. The van der Waals surface area contributed by atoms with Crippen LogP contribution >= 0.6 is 0 Å². The number of benzene rings is 1. The zero-order valence-corrected chi connectivity index (χ0v) is 16.2. The fraction of sp³-hybridized carbons (Fsp3) is 0.533. The van der Waals surface area contributed by atoms with E-state index in [2.05, 4.69) is 0 Å². The molecule has 0 radical (unpaired) electrons. The Hall–Kier alpha value is -1.49. The summed E-state index contributed by atoms with van der Waals surface area (Å²) >= 11 is 0. The highest BCUT2D eigenvalue weighted by Crippen LogP contribution is 2.21. The van der Waals surface area contributed by atoms with Crippen molar-refractivity contribution < 1.29 is 26.7 Å². The van der Waals surface area contributed by atoms with Crippen molar-refractivity contribution in [1.29, 1.82) is 0 Å². The number of carboxylic acids is 1. The molecule has 1 aromatic carbocycles. The predicted molar refractivity (Wildman–Crippen MR) is 93.2 cm³/mol. The van der Waals surface area contributed by atoms with Crippen LogP contribution in [0.2, 0.25) is 0 Å². The molecule has 10 heteroatoms. The molecule has 1 rings (SSSR count). The number of aliphatic carboxylic acids is 1. The molecular formula is C15H24N2O6S2. The molecule has 0 spiro atoms. The molecule has 1 N–H and O–H groups in total. The van der Waals surface area contributed by atoms with Gasteiger partial charge >= 0.3 is 5.97 Å². The summed E-state index contributed by atoms with van der Waals surface area (Å²) < 4.78 is 52.1. The summed E-state index contributed by atoms with van der Waals surface area (Å²) in [6.45, 7) is 5.21. The number of hydrogen-bond donors (Lipinski definition) is 1. The van der Waals surface area contributed by atoms with E-state index in [1.165, 1.54) is 28.6 Å². The molecule has 0 aliphatic rings. The van der Waals surface area contributed by atoms with Crippen molar-refractivity contribution in [2.75, 3.05) is 26.2 Å². The number of carboxylic acid groups (broad SMARTS) is 1. The van der Waals surface area contributed by atoms with Crippen LogP contribution in [0.3, 0.4) is 0 Å². The highest BCUT2D eigenvalue weighted by atomic mass is 32.2. The average molecular weight is 392 g/mol. The average Bonchev–Trinajstić information content (AvgIpc) is 2.55. The van der Waals surface area contributed by atoms with E-state index < -0.39 is 32.6 Å². The van der Waals surface area contributed by atoms with Crippen LogP contribution in [0.15, 0.2) is 34.1 Å². The molecule has 0 saturated carbocycles. The van der Waals surface area contributed by atoms with Gasteiger partial charge in [-0.05, 0) is 30.7 Å². The normalized spacial score (nSPS) is 12.7. The van der Waals surface area contributed by atoms with Crippen LogP contribution in [0.25, 0.3) is 0 Å². The van der Waals surface area contributed by atoms with E-state index in [9.17, 15) is 21.6 Å². The van der Waals surface area contributed by atoms with Gasteiger partial charge in [0.15, 0.2) is 0 Å². The lowest BCUT2D eigenvalue weighted by Gasteiger charge is -2.21. The fourth-order valence-corrected chi connectivity index (χ4v) is 5.27. The van der Waals surface area contributed by atoms with E-state index in [0.29, 0.717) is 19.5 Å². The maximum atomic E-state index is 12.6. The van der Waals surface area contributed by atoms with Gasteiger partial charge in [0, 0.05) is 19.6 Å². The van der Waals surface area contributed by atoms with E-state index in [-0.39, 0.29) is 16.3 Å². The van der Waals surface area contributed by atoms with Crippen LogP contribution in [0.1, 0.15) is 27.2 Å². The van der Waals surface area contributed by atoms with Gasteiger partial charge in [0.25, 0.3) is 0 Å². The quantitative estimate of drug-likeness (QED) is 0.640. The van der Waals surface area contributed by atoms with Crippen molar-refractivity contribution >= 4 is 26.0 Å². The third kappa shape index (κ3) is 5.00. The van der Waals surface area contributed by atoms with Crippen molar-refractivity contribution in [2.45, 2.75) is 37.0 Å². The first kappa shape index (κ1) is 21.6. The van der Waals surface area contributed by atoms with Gasteiger partial charge in [-0.3, -0.25) is 4.79 Å². The zero-order chi connectivity index (χ0) is 19.3. The third-order valence-corrected chi connectivity index (χ3v) is 7.51. The summed E-state index contributed by atoms with van der Waals surface area (Å²) in [5, 5.41) is 8.90. The van der Waals surface area contributed by atoms with Gasteiger partial charge in [0.1, 0.15) is 6.54 Å². The number of nitrogens with zero attached hydrogens (tertiary/aromatic N) is 2. The SMILES string of the molecule is CCCN(CC(=O)O)S(=O)(=O)c1ccc(S(=O)(=O)N(CC)CC)cc1. The summed E-state index contributed by atoms with van der Waals surface area (Å²) in [5.74, 6) is -1.25. The summed E-state index contributed by atoms with van der Waals surface area (Å²) in [6.07, 6.45) is 0.459. The molecule has 1 aromatic rings. The number of rotatable bonds is 10. The maximum absolute atomic E-state index is 12.6. The Labute approximate surface area is 149 Å². The minimum Gasteiger partial charge on any atom is -0.480 e. The molecule has 0 bridgehead atoms. The van der Waals surface area contributed by atoms with Gasteiger partial charge in [0.2, 0.25) is 20.0 Å². The maximum Gasteiger partial charge on any atom is 0.318 e. The molecule has 0 amide bonds. The van der Waals surface area contributed by atoms with E-state index in [1.54, 1.807) is 20.8 Å². The van der Waals surface area contributed by atoms with Gasteiger partial charge < -0.3 is 5.11 Å². The van der Waals surface area contributed by atoms with Crippen LogP contribution in [-0.2, 0) is 24.8 Å². The second kappa shape index (κ2) is 8.75. The van der Waals surface area contributed by atoms with Crippen molar-refractivity contribution in [1.82, 2.24) is 8.61 Å². The van der Waals surface area contributed by atoms with Crippen LogP contribution < -0.4 is 0 Å². The summed E-state index contributed by atoms with van der Waals surface area (Å²) in [7, 11) is -7.69. The molecular weight excluding hydrogens is 368 g/mol. The van der Waals surface area contributed by atoms with E-state index in [1.807, 2.05) is 0 Å². The molecule has 0 saturated heterocycles. The van der Waals surface area contributed by atoms with Gasteiger partial charge in [0.05, 0.1) is 9.79 Å². The minimum absolute atomic E-state index is 0.00424. The molecule has 0 heterocycles. The first-order valence-corrected chi connectivity index (χ1v) is 10.8. The molecule has 0 fully saturated rings. The molecule has 25 heavy (non-hydrogen) atoms. The lowest BCUT2D eigenvalue weighted by molar-refractivity contribution is -0.137. The summed E-state index contributed by atoms with van der Waals surface area (Å²) in [5.41, 5.74) is 0. The highest BCUT2D eigenvalue weighted by Gasteiger charge is 2.27. The van der Waals surface area contributed by atoms with Crippen LogP contribution in [0.5, 0.6) is 0 Å². The number of carbonyl (C=O) groups is 1. The minimum atomic E-state index is -4.01. The first-order chi connectivity index (χ1) is 11.6. The van der Waals surface area contributed by atoms with Crippen LogP contribution in [0, 0.1) is 0 Å². The zero-order valence-electron chi connectivity index (χ0n) is 14.5. The second-order valence-corrected chi connectivity index (χ2v) is 9.17. The topological polar surface area (TPSA) is 112 Å². The van der Waals surface area contributed by atoms with Crippen molar-refractivity contribution in [2.24, 2.45) is 0 Å². The molecule has 0 atom stereocenters. The highest BCUT2D eigenvalue weighted by molar-refractivity contribution is 7.89. The Morgan fingerprint density at radius 3 is 1.60 bits per heavy atom. The second-order valence-electron chi connectivity index (χ2n) is 5.29. The van der Waals surface area contributed by atoms with Gasteiger partial charge in [-0.2, -0.15) is 8.61 Å². The Kier molecular flexibility index (Phi) is 7.54. The summed E-state index contributed by atoms with van der Waals surface area (Å²) in [6, 6.07) is 4.84. The monoisotopic (exact) mass is 392 g/mol. The van der Waals surface area contributed by atoms with Crippen molar-refractivity contribution in [3.63, 3.8) is 0 Å². The Bertz CT molecular complexity index is 784. The molecule has 142 valence electrons. The molecule has 8 nitrogen and oxygen atoms in total. The van der Waals surface area contributed by atoms with Crippen LogP contribution in [0.4, 0.5) is 0 Å². The standard InChI is InChI=1S/C15H24N2O6S2/c1-4-11-17(12-15(18)19)25(22,23)14-9-7-13(8-10-14)24(20,21)16(5-2)6-3/h7-10H,4-6,11-12H2,1-3H3,(H,18,19). The van der Waals surface area contributed by atoms with Gasteiger partial charge in [-0.15, -0.1) is 0 Å². The Morgan fingerprint density at radius 2 is 1.28 bits per heavy atom. The van der Waals surface area contributed by atoms with Crippen molar-refractivity contribution in [3.05, 3.63) is 24.3 Å². The van der Waals surface area contributed by atoms with Crippen LogP contribution in [-0.4, -0.2) is 62.7 Å². The lowest BCUT2D eigenvalue weighted by atomic mass is 10.4. The summed E-state index contributed by atoms with van der Waals surface area (Å²) in [4.78, 5) is 10.8. The Morgan fingerprint density at radius 1 is 0.880 bits per heavy atom. The largest absolute Gasteiger partial charge is 0.480 e.